The number of nitrogens with zero attached hydrogens (tertiary/aromatic N) is 1. The summed E-state index contributed by atoms with van der Waals surface area (Å²) in [7, 11) is 4.93. The summed E-state index contributed by atoms with van der Waals surface area (Å²) in [6.07, 6.45) is 0.831. The molecule has 0 spiro atoms. The summed E-state index contributed by atoms with van der Waals surface area (Å²) < 4.78 is 10.4. The van der Waals surface area contributed by atoms with Gasteiger partial charge in [-0.1, -0.05) is 0 Å². The maximum absolute atomic E-state index is 11.8. The average Bonchev–Trinajstić information content (AvgIpc) is 2.44. The van der Waals surface area contributed by atoms with Gasteiger partial charge in [0.15, 0.2) is 0 Å². The normalized spacial score (nSPS) is 10.1. The third-order valence-electron chi connectivity index (χ3n) is 2.87. The third-order valence-corrected chi connectivity index (χ3v) is 2.87. The first-order chi connectivity index (χ1) is 9.12. The van der Waals surface area contributed by atoms with E-state index in [0.29, 0.717) is 19.4 Å². The fraction of sp³-hybridized carbons (Fsp3) is 0.500. The predicted octanol–water partition coefficient (Wildman–Crippen LogP) is 1.43. The lowest BCUT2D eigenvalue weighted by Crippen LogP contribution is -2.26. The highest BCUT2D eigenvalue weighted by atomic mass is 16.5. The van der Waals surface area contributed by atoms with Gasteiger partial charge in [-0.3, -0.25) is 4.79 Å². The number of benzene rings is 1. The van der Waals surface area contributed by atoms with Crippen molar-refractivity contribution in [2.75, 3.05) is 27.9 Å². The summed E-state index contributed by atoms with van der Waals surface area (Å²) >= 11 is 0. The predicted molar refractivity (Wildman–Crippen MR) is 72.3 cm³/mol. The molecule has 19 heavy (non-hydrogen) atoms. The van der Waals surface area contributed by atoms with Crippen molar-refractivity contribution < 1.29 is 19.4 Å². The Hall–Kier alpha value is -1.75. The first-order valence-electron chi connectivity index (χ1n) is 6.18. The third kappa shape index (κ3) is 4.44. The van der Waals surface area contributed by atoms with Crippen molar-refractivity contribution in [3.05, 3.63) is 23.8 Å². The second kappa shape index (κ2) is 7.63. The molecule has 0 unspecified atom stereocenters. The Labute approximate surface area is 113 Å². The van der Waals surface area contributed by atoms with E-state index in [1.807, 2.05) is 18.2 Å². The lowest BCUT2D eigenvalue weighted by atomic mass is 10.1. The van der Waals surface area contributed by atoms with Gasteiger partial charge in [-0.2, -0.15) is 0 Å². The highest BCUT2D eigenvalue weighted by Gasteiger charge is 2.12. The van der Waals surface area contributed by atoms with Gasteiger partial charge >= 0.3 is 0 Å². The molecule has 1 amide bonds. The molecule has 0 aliphatic heterocycles. The van der Waals surface area contributed by atoms with Crippen LogP contribution in [-0.4, -0.2) is 43.8 Å². The molecular formula is C14H21NO4. The second-order valence-corrected chi connectivity index (χ2v) is 4.25. The van der Waals surface area contributed by atoms with E-state index in [-0.39, 0.29) is 12.5 Å². The van der Waals surface area contributed by atoms with E-state index in [1.54, 1.807) is 26.2 Å². The van der Waals surface area contributed by atoms with Crippen LogP contribution in [0.2, 0.25) is 0 Å². The van der Waals surface area contributed by atoms with Crippen LogP contribution in [0.4, 0.5) is 0 Å². The topological polar surface area (TPSA) is 59.0 Å². The van der Waals surface area contributed by atoms with Crippen molar-refractivity contribution >= 4 is 5.91 Å². The minimum Gasteiger partial charge on any atom is -0.497 e. The summed E-state index contributed by atoms with van der Waals surface area (Å²) in [5.74, 6) is 1.45. The molecule has 5 nitrogen and oxygen atoms in total. The molecule has 0 radical (unpaired) electrons. The number of amides is 1. The van der Waals surface area contributed by atoms with Gasteiger partial charge in [0.25, 0.3) is 0 Å². The van der Waals surface area contributed by atoms with Crippen molar-refractivity contribution in [1.82, 2.24) is 4.90 Å². The molecule has 0 fully saturated rings. The molecule has 0 aromatic heterocycles. The number of carbonyl (C=O) groups excluding carboxylic acids is 1. The Morgan fingerprint density at radius 1 is 1.32 bits per heavy atom. The molecule has 1 rings (SSSR count). The maximum atomic E-state index is 11.8. The van der Waals surface area contributed by atoms with E-state index >= 15 is 0 Å². The average molecular weight is 267 g/mol. The molecule has 5 heteroatoms. The minimum absolute atomic E-state index is 0.000997. The highest BCUT2D eigenvalue weighted by molar-refractivity contribution is 5.75. The van der Waals surface area contributed by atoms with Crippen LogP contribution < -0.4 is 9.47 Å². The molecule has 0 aliphatic carbocycles. The van der Waals surface area contributed by atoms with Gasteiger partial charge in [-0.05, 0) is 24.6 Å². The van der Waals surface area contributed by atoms with Crippen LogP contribution in [0.3, 0.4) is 0 Å². The molecule has 106 valence electrons. The van der Waals surface area contributed by atoms with E-state index < -0.39 is 0 Å². The summed E-state index contributed by atoms with van der Waals surface area (Å²) in [4.78, 5) is 13.4. The summed E-state index contributed by atoms with van der Waals surface area (Å²) in [5.41, 5.74) is 0.890. The molecule has 0 aliphatic rings. The molecular weight excluding hydrogens is 246 g/mol. The molecule has 0 heterocycles. The van der Waals surface area contributed by atoms with Gasteiger partial charge in [-0.25, -0.2) is 0 Å². The van der Waals surface area contributed by atoms with E-state index in [2.05, 4.69) is 0 Å². The number of carbonyl (C=O) groups is 1. The number of methoxy groups -OCH3 is 2. The first kappa shape index (κ1) is 15.3. The zero-order valence-corrected chi connectivity index (χ0v) is 11.7. The smallest absolute Gasteiger partial charge is 0.222 e. The SMILES string of the molecule is COc1ccc(OC)c(CN(C)C(=O)CCCO)c1. The Bertz CT molecular complexity index is 420. The van der Waals surface area contributed by atoms with Crippen LogP contribution in [0, 0.1) is 0 Å². The Morgan fingerprint density at radius 3 is 2.63 bits per heavy atom. The molecule has 0 saturated heterocycles. The molecule has 0 saturated carbocycles. The first-order valence-corrected chi connectivity index (χ1v) is 6.18. The van der Waals surface area contributed by atoms with Crippen molar-refractivity contribution in [3.8, 4) is 11.5 Å². The molecule has 0 atom stereocenters. The fourth-order valence-corrected chi connectivity index (χ4v) is 1.77. The minimum atomic E-state index is -0.000997. The van der Waals surface area contributed by atoms with Gasteiger partial charge in [0.1, 0.15) is 11.5 Å². The number of rotatable bonds is 7. The zero-order valence-electron chi connectivity index (χ0n) is 11.7. The standard InChI is InChI=1S/C14H21NO4/c1-15(14(17)5-4-8-16)10-11-9-12(18-2)6-7-13(11)19-3/h6-7,9,16H,4-5,8,10H2,1-3H3. The van der Waals surface area contributed by atoms with Gasteiger partial charge in [0, 0.05) is 32.2 Å². The van der Waals surface area contributed by atoms with Gasteiger partial charge in [0.05, 0.1) is 14.2 Å². The van der Waals surface area contributed by atoms with Crippen molar-refractivity contribution in [2.24, 2.45) is 0 Å². The van der Waals surface area contributed by atoms with E-state index in [4.69, 9.17) is 14.6 Å². The molecule has 1 aromatic rings. The number of ether oxygens (including phenoxy) is 2. The quantitative estimate of drug-likeness (QED) is 0.812. The lowest BCUT2D eigenvalue weighted by Gasteiger charge is -2.19. The Balaban J connectivity index is 2.76. The summed E-state index contributed by atoms with van der Waals surface area (Å²) in [5, 5.41) is 8.73. The largest absolute Gasteiger partial charge is 0.497 e. The summed E-state index contributed by atoms with van der Waals surface area (Å²) in [6, 6.07) is 5.49. The fourth-order valence-electron chi connectivity index (χ4n) is 1.77. The molecule has 1 N–H and O–H groups in total. The molecule has 0 bridgehead atoms. The van der Waals surface area contributed by atoms with E-state index in [0.717, 1.165) is 17.1 Å². The number of hydrogen-bond acceptors (Lipinski definition) is 4. The van der Waals surface area contributed by atoms with Crippen LogP contribution in [0.15, 0.2) is 18.2 Å². The monoisotopic (exact) mass is 267 g/mol. The lowest BCUT2D eigenvalue weighted by molar-refractivity contribution is -0.130. The Morgan fingerprint density at radius 2 is 2.05 bits per heavy atom. The van der Waals surface area contributed by atoms with E-state index in [1.165, 1.54) is 0 Å². The van der Waals surface area contributed by atoms with Crippen LogP contribution in [-0.2, 0) is 11.3 Å². The second-order valence-electron chi connectivity index (χ2n) is 4.25. The van der Waals surface area contributed by atoms with Crippen LogP contribution in [0.25, 0.3) is 0 Å². The Kier molecular flexibility index (Phi) is 6.15. The zero-order chi connectivity index (χ0) is 14.3. The van der Waals surface area contributed by atoms with Crippen LogP contribution in [0.1, 0.15) is 18.4 Å². The number of aliphatic hydroxyl groups excluding tert-OH is 1. The van der Waals surface area contributed by atoms with Gasteiger partial charge < -0.3 is 19.5 Å². The van der Waals surface area contributed by atoms with Crippen molar-refractivity contribution in [1.29, 1.82) is 0 Å². The van der Waals surface area contributed by atoms with Crippen molar-refractivity contribution in [3.63, 3.8) is 0 Å². The molecule has 1 aromatic carbocycles. The number of hydrogen-bond donors (Lipinski definition) is 1. The van der Waals surface area contributed by atoms with Gasteiger partial charge in [0.2, 0.25) is 5.91 Å². The highest BCUT2D eigenvalue weighted by Crippen LogP contribution is 2.25. The van der Waals surface area contributed by atoms with Crippen LogP contribution >= 0.6 is 0 Å². The van der Waals surface area contributed by atoms with Crippen molar-refractivity contribution in [2.45, 2.75) is 19.4 Å². The van der Waals surface area contributed by atoms with Crippen LogP contribution in [0.5, 0.6) is 11.5 Å². The van der Waals surface area contributed by atoms with E-state index in [9.17, 15) is 4.79 Å². The van der Waals surface area contributed by atoms with Gasteiger partial charge in [-0.15, -0.1) is 0 Å². The maximum Gasteiger partial charge on any atom is 0.222 e. The summed E-state index contributed by atoms with van der Waals surface area (Å²) in [6.45, 7) is 0.479. The number of aliphatic hydroxyl groups is 1.